The highest BCUT2D eigenvalue weighted by atomic mass is 32.1. The van der Waals surface area contributed by atoms with Gasteiger partial charge in [-0.2, -0.15) is 0 Å². The number of thiophene rings is 1. The lowest BCUT2D eigenvalue weighted by molar-refractivity contribution is -0.384. The lowest BCUT2D eigenvalue weighted by Gasteiger charge is -2.13. The van der Waals surface area contributed by atoms with Crippen LogP contribution in [0.15, 0.2) is 35.7 Å². The summed E-state index contributed by atoms with van der Waals surface area (Å²) < 4.78 is 0. The Morgan fingerprint density at radius 2 is 2.17 bits per heavy atom. The van der Waals surface area contributed by atoms with Crippen molar-refractivity contribution in [1.29, 1.82) is 0 Å². The summed E-state index contributed by atoms with van der Waals surface area (Å²) in [5.41, 5.74) is 0.704. The zero-order chi connectivity index (χ0) is 16.4. The fourth-order valence-electron chi connectivity index (χ4n) is 2.28. The molecular formula is C16H17N3O3S. The Balaban J connectivity index is 1.77. The third-order valence-corrected chi connectivity index (χ3v) is 4.77. The van der Waals surface area contributed by atoms with E-state index in [9.17, 15) is 14.9 Å². The molecule has 6 nitrogen and oxygen atoms in total. The normalized spacial score (nSPS) is 15.0. The number of hydrogen-bond donors (Lipinski definition) is 2. The molecule has 2 aromatic rings. The Morgan fingerprint density at radius 3 is 2.78 bits per heavy atom. The molecule has 1 heterocycles. The van der Waals surface area contributed by atoms with E-state index < -0.39 is 4.92 Å². The van der Waals surface area contributed by atoms with Gasteiger partial charge in [0.05, 0.1) is 11.0 Å². The molecule has 1 atom stereocenters. The minimum absolute atomic E-state index is 0.0617. The first-order valence-corrected chi connectivity index (χ1v) is 8.32. The summed E-state index contributed by atoms with van der Waals surface area (Å²) in [7, 11) is 0. The minimum Gasteiger partial charge on any atom is -0.377 e. The van der Waals surface area contributed by atoms with Gasteiger partial charge in [0.25, 0.3) is 11.6 Å². The van der Waals surface area contributed by atoms with Gasteiger partial charge in [0.15, 0.2) is 0 Å². The molecular weight excluding hydrogens is 314 g/mol. The Labute approximate surface area is 137 Å². The predicted molar refractivity (Wildman–Crippen MR) is 89.9 cm³/mol. The number of benzene rings is 1. The number of anilines is 1. The van der Waals surface area contributed by atoms with Gasteiger partial charge in [0.2, 0.25) is 0 Å². The van der Waals surface area contributed by atoms with Crippen LogP contribution < -0.4 is 10.6 Å². The zero-order valence-electron chi connectivity index (χ0n) is 12.6. The largest absolute Gasteiger partial charge is 0.377 e. The Kier molecular flexibility index (Phi) is 4.29. The average molecular weight is 331 g/mol. The smallest absolute Gasteiger partial charge is 0.293 e. The number of rotatable bonds is 6. The van der Waals surface area contributed by atoms with Crippen LogP contribution in [0.1, 0.15) is 41.0 Å². The molecule has 1 unspecified atom stereocenters. The average Bonchev–Trinajstić information content (AvgIpc) is 3.16. The summed E-state index contributed by atoms with van der Waals surface area (Å²) in [5, 5.41) is 19.2. The van der Waals surface area contributed by atoms with Crippen molar-refractivity contribution in [3.63, 3.8) is 0 Å². The fraction of sp³-hybridized carbons (Fsp3) is 0.312. The van der Waals surface area contributed by atoms with Crippen molar-refractivity contribution in [2.75, 3.05) is 5.32 Å². The van der Waals surface area contributed by atoms with Crippen molar-refractivity contribution in [3.05, 3.63) is 56.3 Å². The number of carbonyl (C=O) groups is 1. The van der Waals surface area contributed by atoms with E-state index in [0.29, 0.717) is 17.3 Å². The highest BCUT2D eigenvalue weighted by molar-refractivity contribution is 7.10. The molecule has 1 aromatic heterocycles. The summed E-state index contributed by atoms with van der Waals surface area (Å²) in [6.07, 6.45) is 2.05. The monoisotopic (exact) mass is 331 g/mol. The fourth-order valence-corrected chi connectivity index (χ4v) is 3.02. The molecule has 0 spiro atoms. The molecule has 0 radical (unpaired) electrons. The molecule has 7 heteroatoms. The van der Waals surface area contributed by atoms with E-state index in [1.54, 1.807) is 23.5 Å². The van der Waals surface area contributed by atoms with E-state index in [-0.39, 0.29) is 17.6 Å². The Morgan fingerprint density at radius 1 is 1.39 bits per heavy atom. The van der Waals surface area contributed by atoms with Gasteiger partial charge in [0, 0.05) is 22.5 Å². The number of nitro benzene ring substituents is 1. The van der Waals surface area contributed by atoms with Crippen LogP contribution in [0.25, 0.3) is 0 Å². The number of amides is 1. The minimum atomic E-state index is -0.454. The second kappa shape index (κ2) is 6.37. The second-order valence-electron chi connectivity index (χ2n) is 5.62. The predicted octanol–water partition coefficient (Wildman–Crippen LogP) is 3.72. The van der Waals surface area contributed by atoms with Crippen LogP contribution in [0.2, 0.25) is 0 Å². The summed E-state index contributed by atoms with van der Waals surface area (Å²) in [5.74, 6) is -0.313. The number of carbonyl (C=O) groups excluding carboxylic acids is 1. The number of nitrogens with one attached hydrogen (secondary N) is 2. The summed E-state index contributed by atoms with van der Waals surface area (Å²) in [6, 6.07) is 8.61. The van der Waals surface area contributed by atoms with Crippen molar-refractivity contribution in [2.24, 2.45) is 0 Å². The zero-order valence-corrected chi connectivity index (χ0v) is 13.4. The first-order chi connectivity index (χ1) is 11.0. The van der Waals surface area contributed by atoms with Gasteiger partial charge in [-0.15, -0.1) is 11.3 Å². The number of nitro groups is 1. The van der Waals surface area contributed by atoms with Crippen LogP contribution in [0.5, 0.6) is 0 Å². The molecule has 0 aliphatic heterocycles. The maximum Gasteiger partial charge on any atom is 0.293 e. The highest BCUT2D eigenvalue weighted by Crippen LogP contribution is 2.31. The van der Waals surface area contributed by atoms with E-state index in [1.807, 2.05) is 24.4 Å². The number of hydrogen-bond acceptors (Lipinski definition) is 5. The van der Waals surface area contributed by atoms with Crippen LogP contribution in [0.4, 0.5) is 11.4 Å². The SMILES string of the molecule is CC(NC(=O)c1ccc(NC2CC2)c([N+](=O)[O-])c1)c1cccs1. The molecule has 1 saturated carbocycles. The highest BCUT2D eigenvalue weighted by Gasteiger charge is 2.25. The van der Waals surface area contributed by atoms with Gasteiger partial charge < -0.3 is 10.6 Å². The summed E-state index contributed by atoms with van der Waals surface area (Å²) >= 11 is 1.56. The standard InChI is InChI=1S/C16H17N3O3S/c1-10(15-3-2-8-23-15)17-16(20)11-4-7-13(18-12-5-6-12)14(9-11)19(21)22/h2-4,7-10,12,18H,5-6H2,1H3,(H,17,20). The van der Waals surface area contributed by atoms with Gasteiger partial charge in [0.1, 0.15) is 5.69 Å². The van der Waals surface area contributed by atoms with Crippen LogP contribution in [-0.2, 0) is 0 Å². The third kappa shape index (κ3) is 3.68. The molecule has 1 aliphatic carbocycles. The topological polar surface area (TPSA) is 84.3 Å². The van der Waals surface area contributed by atoms with Crippen molar-refractivity contribution < 1.29 is 9.72 Å². The van der Waals surface area contributed by atoms with Gasteiger partial charge in [-0.1, -0.05) is 6.07 Å². The van der Waals surface area contributed by atoms with Crippen LogP contribution in [0, 0.1) is 10.1 Å². The van der Waals surface area contributed by atoms with Gasteiger partial charge in [-0.3, -0.25) is 14.9 Å². The van der Waals surface area contributed by atoms with Gasteiger partial charge in [-0.05, 0) is 43.3 Å². The Hall–Kier alpha value is -2.41. The van der Waals surface area contributed by atoms with Crippen LogP contribution in [-0.4, -0.2) is 16.9 Å². The number of nitrogens with zero attached hydrogens (tertiary/aromatic N) is 1. The van der Waals surface area contributed by atoms with Crippen molar-refractivity contribution in [3.8, 4) is 0 Å². The van der Waals surface area contributed by atoms with Crippen molar-refractivity contribution in [1.82, 2.24) is 5.32 Å². The molecule has 3 rings (SSSR count). The van der Waals surface area contributed by atoms with Crippen LogP contribution in [0.3, 0.4) is 0 Å². The van der Waals surface area contributed by atoms with Crippen molar-refractivity contribution in [2.45, 2.75) is 31.8 Å². The molecule has 1 aliphatic rings. The second-order valence-corrected chi connectivity index (χ2v) is 6.60. The van der Waals surface area contributed by atoms with E-state index in [0.717, 1.165) is 17.7 Å². The lowest BCUT2D eigenvalue weighted by Crippen LogP contribution is -2.26. The summed E-state index contributed by atoms with van der Waals surface area (Å²) in [6.45, 7) is 1.89. The van der Waals surface area contributed by atoms with Gasteiger partial charge in [-0.25, -0.2) is 0 Å². The van der Waals surface area contributed by atoms with E-state index in [4.69, 9.17) is 0 Å². The van der Waals surface area contributed by atoms with E-state index in [2.05, 4.69) is 10.6 Å². The molecule has 1 aromatic carbocycles. The first-order valence-electron chi connectivity index (χ1n) is 7.44. The molecule has 0 bridgehead atoms. The summed E-state index contributed by atoms with van der Waals surface area (Å²) in [4.78, 5) is 24.2. The van der Waals surface area contributed by atoms with E-state index >= 15 is 0 Å². The molecule has 0 saturated heterocycles. The maximum absolute atomic E-state index is 12.3. The molecule has 23 heavy (non-hydrogen) atoms. The molecule has 1 fully saturated rings. The lowest BCUT2D eigenvalue weighted by atomic mass is 10.1. The first kappa shape index (κ1) is 15.5. The third-order valence-electron chi connectivity index (χ3n) is 3.71. The van der Waals surface area contributed by atoms with E-state index in [1.165, 1.54) is 6.07 Å². The van der Waals surface area contributed by atoms with Gasteiger partial charge >= 0.3 is 0 Å². The maximum atomic E-state index is 12.3. The molecule has 120 valence electrons. The molecule has 1 amide bonds. The van der Waals surface area contributed by atoms with Crippen molar-refractivity contribution >= 4 is 28.6 Å². The quantitative estimate of drug-likeness (QED) is 0.624. The Bertz CT molecular complexity index is 726. The molecule has 2 N–H and O–H groups in total. The van der Waals surface area contributed by atoms with Crippen LogP contribution >= 0.6 is 11.3 Å².